The van der Waals surface area contributed by atoms with Crippen molar-refractivity contribution in [2.45, 2.75) is 18.9 Å². The molecule has 2 aromatic carbocycles. The number of hydrogen-bond donors (Lipinski definition) is 0. The van der Waals surface area contributed by atoms with Crippen LogP contribution in [0.4, 0.5) is 0 Å². The standard InChI is InChI=1S/C16H8Cl7/c17-14(18,15(19,20)16(21,22)23)11-5-6-13-10(8-11)7-9-3-1-2-4-12(9)13/h1-6H,7H2. The van der Waals surface area contributed by atoms with E-state index in [1.807, 2.05) is 18.2 Å². The highest BCUT2D eigenvalue weighted by Crippen LogP contribution is 2.60. The first-order valence-electron chi connectivity index (χ1n) is 6.52. The van der Waals surface area contributed by atoms with Gasteiger partial charge in [-0.3, -0.25) is 0 Å². The van der Waals surface area contributed by atoms with E-state index in [0.29, 0.717) is 12.0 Å². The molecule has 0 aromatic heterocycles. The maximum absolute atomic E-state index is 6.37. The van der Waals surface area contributed by atoms with Crippen molar-refractivity contribution in [2.24, 2.45) is 0 Å². The fourth-order valence-corrected chi connectivity index (χ4v) is 4.01. The number of hydrogen-bond acceptors (Lipinski definition) is 0. The van der Waals surface area contributed by atoms with Crippen molar-refractivity contribution < 1.29 is 0 Å². The van der Waals surface area contributed by atoms with Crippen LogP contribution >= 0.6 is 81.2 Å². The number of rotatable bonds is 2. The molecule has 1 aliphatic rings. The zero-order valence-corrected chi connectivity index (χ0v) is 16.6. The average Bonchev–Trinajstić information content (AvgIpc) is 2.83. The summed E-state index contributed by atoms with van der Waals surface area (Å²) >= 11 is 42.6. The molecular formula is C16H8Cl7. The molecule has 121 valence electrons. The Kier molecular flexibility index (Phi) is 4.78. The van der Waals surface area contributed by atoms with E-state index in [9.17, 15) is 0 Å². The molecule has 23 heavy (non-hydrogen) atoms. The van der Waals surface area contributed by atoms with E-state index < -0.39 is 12.5 Å². The van der Waals surface area contributed by atoms with Gasteiger partial charge in [0.1, 0.15) is 0 Å². The predicted molar refractivity (Wildman–Crippen MR) is 102 cm³/mol. The van der Waals surface area contributed by atoms with Crippen molar-refractivity contribution in [1.82, 2.24) is 0 Å². The smallest absolute Gasteiger partial charge is 0.0930 e. The molecule has 0 unspecified atom stereocenters. The Hall–Kier alpha value is 0.470. The van der Waals surface area contributed by atoms with E-state index in [-0.39, 0.29) is 0 Å². The van der Waals surface area contributed by atoms with Crippen LogP contribution in [0, 0.1) is 6.07 Å². The number of fused-ring (bicyclic) bond motifs is 3. The van der Waals surface area contributed by atoms with Gasteiger partial charge in [0.15, 0.2) is 4.33 Å². The van der Waals surface area contributed by atoms with Gasteiger partial charge < -0.3 is 0 Å². The second-order valence-electron chi connectivity index (χ2n) is 5.24. The van der Waals surface area contributed by atoms with Crippen molar-refractivity contribution >= 4 is 81.2 Å². The van der Waals surface area contributed by atoms with E-state index in [4.69, 9.17) is 81.2 Å². The molecule has 7 heteroatoms. The van der Waals surface area contributed by atoms with Gasteiger partial charge in [0, 0.05) is 0 Å². The van der Waals surface area contributed by atoms with Crippen LogP contribution in [0.15, 0.2) is 36.4 Å². The normalized spacial score (nSPS) is 14.6. The molecule has 0 fully saturated rings. The molecule has 0 aliphatic heterocycles. The first-order chi connectivity index (χ1) is 10.6. The fraction of sp³-hybridized carbons (Fsp3) is 0.250. The Morgan fingerprint density at radius 1 is 0.783 bits per heavy atom. The van der Waals surface area contributed by atoms with E-state index in [0.717, 1.165) is 16.7 Å². The van der Waals surface area contributed by atoms with E-state index in [1.165, 1.54) is 5.56 Å². The van der Waals surface area contributed by atoms with Crippen molar-refractivity contribution in [3.8, 4) is 11.1 Å². The third-order valence-corrected chi connectivity index (χ3v) is 7.72. The van der Waals surface area contributed by atoms with Crippen LogP contribution in [0.3, 0.4) is 0 Å². The summed E-state index contributed by atoms with van der Waals surface area (Å²) < 4.78 is -6.01. The van der Waals surface area contributed by atoms with Gasteiger partial charge >= 0.3 is 0 Å². The Balaban J connectivity index is 2.06. The maximum atomic E-state index is 6.37. The summed E-state index contributed by atoms with van der Waals surface area (Å²) in [4.78, 5) is 0. The van der Waals surface area contributed by atoms with Crippen LogP contribution < -0.4 is 0 Å². The molecule has 0 atom stereocenters. The summed E-state index contributed by atoms with van der Waals surface area (Å²) in [6.07, 6.45) is 0.717. The quantitative estimate of drug-likeness (QED) is 0.363. The molecule has 0 heterocycles. The summed E-state index contributed by atoms with van der Waals surface area (Å²) in [5.74, 6) is 0. The van der Waals surface area contributed by atoms with Crippen LogP contribution in [-0.2, 0) is 10.8 Å². The van der Waals surface area contributed by atoms with Gasteiger partial charge in [-0.2, -0.15) is 0 Å². The second-order valence-corrected chi connectivity index (χ2v) is 10.2. The molecule has 1 aliphatic carbocycles. The minimum absolute atomic E-state index is 0.351. The molecule has 1 radical (unpaired) electrons. The second kappa shape index (κ2) is 6.02. The first-order valence-corrected chi connectivity index (χ1v) is 9.16. The van der Waals surface area contributed by atoms with Gasteiger partial charge in [0.2, 0.25) is 8.13 Å². The first kappa shape index (κ1) is 18.3. The minimum Gasteiger partial charge on any atom is -0.0930 e. The van der Waals surface area contributed by atoms with Gasteiger partial charge in [-0.1, -0.05) is 118 Å². The van der Waals surface area contributed by atoms with E-state index in [2.05, 4.69) is 18.2 Å². The Bertz CT molecular complexity index is 759. The predicted octanol–water partition coefficient (Wildman–Crippen LogP) is 7.23. The van der Waals surface area contributed by atoms with Crippen molar-refractivity contribution in [3.05, 3.63) is 59.2 Å². The molecule has 0 spiro atoms. The SMILES string of the molecule is ClC(Cl)(Cl)C(Cl)(Cl)C(Cl)(Cl)c1[c]c2c(cc1)-c1ccccc1C2. The summed E-state index contributed by atoms with van der Waals surface area (Å²) in [5, 5.41) is 0. The molecule has 0 N–H and O–H groups in total. The maximum Gasteiger partial charge on any atom is 0.226 e. The largest absolute Gasteiger partial charge is 0.226 e. The summed E-state index contributed by atoms with van der Waals surface area (Å²) in [6.45, 7) is 0. The highest BCUT2D eigenvalue weighted by Gasteiger charge is 2.60. The van der Waals surface area contributed by atoms with Crippen LogP contribution in [-0.4, -0.2) is 8.13 Å². The third-order valence-electron chi connectivity index (χ3n) is 3.79. The Morgan fingerprint density at radius 3 is 2.09 bits per heavy atom. The molecule has 0 saturated carbocycles. The molecule has 0 amide bonds. The number of halogens is 7. The highest BCUT2D eigenvalue weighted by atomic mass is 35.6. The average molecular weight is 448 g/mol. The zero-order valence-electron chi connectivity index (χ0n) is 11.3. The summed E-state index contributed by atoms with van der Waals surface area (Å²) in [6, 6.07) is 14.9. The third kappa shape index (κ3) is 2.95. The molecular weight excluding hydrogens is 440 g/mol. The Morgan fingerprint density at radius 2 is 1.43 bits per heavy atom. The van der Waals surface area contributed by atoms with Crippen LogP contribution in [0.1, 0.15) is 16.7 Å². The molecule has 0 nitrogen and oxygen atoms in total. The van der Waals surface area contributed by atoms with Gasteiger partial charge in [-0.25, -0.2) is 0 Å². The van der Waals surface area contributed by atoms with Gasteiger partial charge in [-0.05, 0) is 40.3 Å². The van der Waals surface area contributed by atoms with Crippen LogP contribution in [0.5, 0.6) is 0 Å². The molecule has 3 rings (SSSR count). The van der Waals surface area contributed by atoms with Crippen LogP contribution in [0.2, 0.25) is 0 Å². The van der Waals surface area contributed by atoms with Gasteiger partial charge in [0.25, 0.3) is 0 Å². The fourth-order valence-electron chi connectivity index (χ4n) is 2.59. The van der Waals surface area contributed by atoms with Crippen molar-refractivity contribution in [1.29, 1.82) is 0 Å². The minimum atomic E-state index is -2.09. The number of benzene rings is 2. The lowest BCUT2D eigenvalue weighted by Crippen LogP contribution is -2.45. The van der Waals surface area contributed by atoms with Gasteiger partial charge in [0.05, 0.1) is 0 Å². The monoisotopic (exact) mass is 445 g/mol. The lowest BCUT2D eigenvalue weighted by Gasteiger charge is -2.37. The lowest BCUT2D eigenvalue weighted by molar-refractivity contribution is 0.697. The zero-order chi connectivity index (χ0) is 17.0. The van der Waals surface area contributed by atoms with E-state index in [1.54, 1.807) is 6.07 Å². The van der Waals surface area contributed by atoms with Crippen LogP contribution in [0.25, 0.3) is 11.1 Å². The summed E-state index contributed by atoms with van der Waals surface area (Å²) in [7, 11) is 0. The molecule has 0 saturated heterocycles. The highest BCUT2D eigenvalue weighted by molar-refractivity contribution is 6.78. The molecule has 2 aromatic rings. The number of alkyl halides is 7. The lowest BCUT2D eigenvalue weighted by atomic mass is 10.0. The van der Waals surface area contributed by atoms with E-state index >= 15 is 0 Å². The topological polar surface area (TPSA) is 0 Å². The van der Waals surface area contributed by atoms with Crippen molar-refractivity contribution in [3.63, 3.8) is 0 Å². The Labute approximate surface area is 169 Å². The van der Waals surface area contributed by atoms with Gasteiger partial charge in [-0.15, -0.1) is 0 Å². The molecule has 0 bridgehead atoms. The van der Waals surface area contributed by atoms with Crippen molar-refractivity contribution in [2.75, 3.05) is 0 Å². The summed E-state index contributed by atoms with van der Waals surface area (Å²) in [5.41, 5.74) is 4.73.